The Morgan fingerprint density at radius 2 is 1.94 bits per heavy atom. The number of hydrogen-bond donors (Lipinski definition) is 0. The fraction of sp³-hybridized carbons (Fsp3) is 0.308. The van der Waals surface area contributed by atoms with E-state index < -0.39 is 5.97 Å². The third-order valence-electron chi connectivity index (χ3n) is 2.74. The lowest BCUT2D eigenvalue weighted by atomic mass is 10.1. The first kappa shape index (κ1) is 12.3. The molecule has 0 radical (unpaired) electrons. The molecule has 5 nitrogen and oxygen atoms in total. The van der Waals surface area contributed by atoms with E-state index in [1.54, 1.807) is 0 Å². The zero-order valence-corrected chi connectivity index (χ0v) is 9.83. The fourth-order valence-electron chi connectivity index (χ4n) is 1.81. The van der Waals surface area contributed by atoms with Gasteiger partial charge in [-0.2, -0.15) is 5.10 Å². The molecule has 1 heterocycles. The van der Waals surface area contributed by atoms with E-state index in [9.17, 15) is 14.7 Å². The first-order chi connectivity index (χ1) is 8.66. The highest BCUT2D eigenvalue weighted by Gasteiger charge is 2.20. The molecule has 0 fully saturated rings. The van der Waals surface area contributed by atoms with Crippen LogP contribution in [-0.2, 0) is 9.59 Å². The van der Waals surface area contributed by atoms with Crippen molar-refractivity contribution in [2.24, 2.45) is 5.10 Å². The van der Waals surface area contributed by atoms with Crippen LogP contribution in [0.5, 0.6) is 0 Å². The van der Waals surface area contributed by atoms with Crippen molar-refractivity contribution in [3.63, 3.8) is 0 Å². The molecule has 0 bridgehead atoms. The minimum absolute atomic E-state index is 0.0616. The van der Waals surface area contributed by atoms with Gasteiger partial charge in [0.05, 0.1) is 12.3 Å². The average molecular weight is 245 g/mol. The summed E-state index contributed by atoms with van der Waals surface area (Å²) in [5.74, 6) is -1.49. The standard InChI is InChI=1S/C13H14N2O3/c16-12(6-7-13(17)18)15-9-8-11(14-15)10-4-2-1-3-5-10/h1-5H,6-9H2,(H,17,18)/p-1. The van der Waals surface area contributed by atoms with Crippen LogP contribution >= 0.6 is 0 Å². The van der Waals surface area contributed by atoms with E-state index in [4.69, 9.17) is 0 Å². The summed E-state index contributed by atoms with van der Waals surface area (Å²) in [7, 11) is 0. The number of carboxylic acids is 1. The van der Waals surface area contributed by atoms with Gasteiger partial charge in [-0.05, 0) is 12.0 Å². The van der Waals surface area contributed by atoms with Gasteiger partial charge in [0.15, 0.2) is 0 Å². The van der Waals surface area contributed by atoms with E-state index in [0.717, 1.165) is 11.3 Å². The molecule has 0 unspecified atom stereocenters. The Labute approximate surface area is 105 Å². The van der Waals surface area contributed by atoms with E-state index in [1.807, 2.05) is 30.3 Å². The molecular weight excluding hydrogens is 232 g/mol. The average Bonchev–Trinajstić information content (AvgIpc) is 2.86. The van der Waals surface area contributed by atoms with Crippen LogP contribution in [0.4, 0.5) is 0 Å². The Morgan fingerprint density at radius 1 is 1.22 bits per heavy atom. The first-order valence-electron chi connectivity index (χ1n) is 5.80. The van der Waals surface area contributed by atoms with Crippen LogP contribution in [0.1, 0.15) is 24.8 Å². The fourth-order valence-corrected chi connectivity index (χ4v) is 1.81. The number of rotatable bonds is 4. The molecular formula is C13H13N2O3-. The summed E-state index contributed by atoms with van der Waals surface area (Å²) in [6, 6.07) is 9.63. The molecule has 1 aliphatic heterocycles. The Bertz CT molecular complexity index is 482. The largest absolute Gasteiger partial charge is 0.550 e. The first-order valence-corrected chi connectivity index (χ1v) is 5.80. The van der Waals surface area contributed by atoms with E-state index >= 15 is 0 Å². The lowest BCUT2D eigenvalue weighted by Crippen LogP contribution is -2.27. The van der Waals surface area contributed by atoms with Crippen molar-refractivity contribution < 1.29 is 14.7 Å². The molecule has 0 spiro atoms. The molecule has 5 heteroatoms. The summed E-state index contributed by atoms with van der Waals surface area (Å²) in [6.45, 7) is 0.510. The van der Waals surface area contributed by atoms with Gasteiger partial charge >= 0.3 is 0 Å². The van der Waals surface area contributed by atoms with Crippen LogP contribution in [0.25, 0.3) is 0 Å². The lowest BCUT2D eigenvalue weighted by Gasteiger charge is -2.11. The van der Waals surface area contributed by atoms with Crippen molar-refractivity contribution in [1.82, 2.24) is 5.01 Å². The highest BCUT2D eigenvalue weighted by atomic mass is 16.4. The number of carbonyl (C=O) groups excluding carboxylic acids is 2. The van der Waals surface area contributed by atoms with Gasteiger partial charge in [-0.1, -0.05) is 30.3 Å². The number of hydrazone groups is 1. The maximum Gasteiger partial charge on any atom is 0.243 e. The summed E-state index contributed by atoms with van der Waals surface area (Å²) >= 11 is 0. The number of hydrogen-bond acceptors (Lipinski definition) is 4. The van der Waals surface area contributed by atoms with E-state index in [-0.39, 0.29) is 18.7 Å². The number of carbonyl (C=O) groups is 2. The van der Waals surface area contributed by atoms with Crippen molar-refractivity contribution >= 4 is 17.6 Å². The lowest BCUT2D eigenvalue weighted by molar-refractivity contribution is -0.305. The van der Waals surface area contributed by atoms with Gasteiger partial charge in [-0.3, -0.25) is 4.79 Å². The predicted molar refractivity (Wildman–Crippen MR) is 63.6 cm³/mol. The minimum atomic E-state index is -1.21. The van der Waals surface area contributed by atoms with Crippen LogP contribution in [0.2, 0.25) is 0 Å². The maximum atomic E-state index is 11.7. The third-order valence-corrected chi connectivity index (χ3v) is 2.74. The molecule has 18 heavy (non-hydrogen) atoms. The SMILES string of the molecule is O=C([O-])CCC(=O)N1CCC(c2ccccc2)=N1. The van der Waals surface area contributed by atoms with E-state index in [0.29, 0.717) is 13.0 Å². The maximum absolute atomic E-state index is 11.7. The summed E-state index contributed by atoms with van der Waals surface area (Å²) in [5, 5.41) is 15.8. The molecule has 1 aromatic carbocycles. The van der Waals surface area contributed by atoms with Gasteiger partial charge in [-0.25, -0.2) is 5.01 Å². The Morgan fingerprint density at radius 3 is 2.61 bits per heavy atom. The third kappa shape index (κ3) is 2.94. The van der Waals surface area contributed by atoms with Crippen LogP contribution in [0, 0.1) is 0 Å². The molecule has 0 aromatic heterocycles. The van der Waals surface area contributed by atoms with E-state index in [2.05, 4.69) is 5.10 Å². The quantitative estimate of drug-likeness (QED) is 0.758. The van der Waals surface area contributed by atoms with Crippen molar-refractivity contribution in [3.05, 3.63) is 35.9 Å². The number of amides is 1. The van der Waals surface area contributed by atoms with E-state index in [1.165, 1.54) is 5.01 Å². The normalized spacial score (nSPS) is 14.4. The van der Waals surface area contributed by atoms with Crippen molar-refractivity contribution in [2.45, 2.75) is 19.3 Å². The molecule has 0 saturated carbocycles. The second kappa shape index (κ2) is 5.44. The molecule has 0 N–H and O–H groups in total. The molecule has 1 aromatic rings. The predicted octanol–water partition coefficient (Wildman–Crippen LogP) is 0.153. The van der Waals surface area contributed by atoms with Crippen LogP contribution in [-0.4, -0.2) is 29.1 Å². The van der Waals surface area contributed by atoms with Gasteiger partial charge in [0.25, 0.3) is 0 Å². The molecule has 0 aliphatic carbocycles. The second-order valence-electron chi connectivity index (χ2n) is 4.05. The topological polar surface area (TPSA) is 72.8 Å². The zero-order chi connectivity index (χ0) is 13.0. The molecule has 2 rings (SSSR count). The minimum Gasteiger partial charge on any atom is -0.550 e. The van der Waals surface area contributed by atoms with Gasteiger partial charge < -0.3 is 9.90 Å². The number of carboxylic acid groups (broad SMARTS) is 1. The van der Waals surface area contributed by atoms with Crippen LogP contribution in [0.15, 0.2) is 35.4 Å². The Hall–Kier alpha value is -2.17. The van der Waals surface area contributed by atoms with Gasteiger partial charge in [0.1, 0.15) is 0 Å². The molecule has 1 aliphatic rings. The van der Waals surface area contributed by atoms with Crippen molar-refractivity contribution in [2.75, 3.05) is 6.54 Å². The molecule has 0 saturated heterocycles. The second-order valence-corrected chi connectivity index (χ2v) is 4.05. The monoisotopic (exact) mass is 245 g/mol. The number of nitrogens with zero attached hydrogens (tertiary/aromatic N) is 2. The van der Waals surface area contributed by atoms with Gasteiger partial charge in [0, 0.05) is 18.8 Å². The Balaban J connectivity index is 2.00. The Kier molecular flexibility index (Phi) is 3.72. The zero-order valence-electron chi connectivity index (χ0n) is 9.83. The van der Waals surface area contributed by atoms with Crippen molar-refractivity contribution in [3.8, 4) is 0 Å². The molecule has 94 valence electrons. The van der Waals surface area contributed by atoms with Gasteiger partial charge in [0.2, 0.25) is 5.91 Å². The molecule has 1 amide bonds. The summed E-state index contributed by atoms with van der Waals surface area (Å²) < 4.78 is 0. The smallest absolute Gasteiger partial charge is 0.243 e. The van der Waals surface area contributed by atoms with Crippen LogP contribution in [0.3, 0.4) is 0 Å². The highest BCUT2D eigenvalue weighted by Crippen LogP contribution is 2.14. The van der Waals surface area contributed by atoms with Crippen LogP contribution < -0.4 is 5.11 Å². The summed E-state index contributed by atoms with van der Waals surface area (Å²) in [6.07, 6.45) is 0.375. The van der Waals surface area contributed by atoms with Crippen molar-refractivity contribution in [1.29, 1.82) is 0 Å². The summed E-state index contributed by atoms with van der Waals surface area (Å²) in [4.78, 5) is 21.9. The number of benzene rings is 1. The number of aliphatic carboxylic acids is 1. The van der Waals surface area contributed by atoms with Gasteiger partial charge in [-0.15, -0.1) is 0 Å². The summed E-state index contributed by atoms with van der Waals surface area (Å²) in [5.41, 5.74) is 1.85. The molecule has 0 atom stereocenters. The highest BCUT2D eigenvalue weighted by molar-refractivity contribution is 6.02.